The van der Waals surface area contributed by atoms with Gasteiger partial charge in [-0.3, -0.25) is 5.32 Å². The first kappa shape index (κ1) is 16.5. The molecule has 1 aliphatic heterocycles. The van der Waals surface area contributed by atoms with Gasteiger partial charge in [0.25, 0.3) is 0 Å². The minimum Gasteiger partial charge on any atom is -0.465 e. The summed E-state index contributed by atoms with van der Waals surface area (Å²) in [5, 5.41) is 18.5. The summed E-state index contributed by atoms with van der Waals surface area (Å²) in [7, 11) is 0. The molecule has 128 valence electrons. The fourth-order valence-corrected chi connectivity index (χ4v) is 2.78. The van der Waals surface area contributed by atoms with Crippen LogP contribution in [0.5, 0.6) is 0 Å². The van der Waals surface area contributed by atoms with E-state index in [4.69, 9.17) is 14.4 Å². The van der Waals surface area contributed by atoms with Crippen LogP contribution in [-0.2, 0) is 11.3 Å². The Bertz CT molecular complexity index is 690. The van der Waals surface area contributed by atoms with Crippen molar-refractivity contribution in [2.24, 2.45) is 0 Å². The molecule has 1 aliphatic rings. The summed E-state index contributed by atoms with van der Waals surface area (Å²) in [5.41, 5.74) is 2.81. The van der Waals surface area contributed by atoms with Crippen molar-refractivity contribution in [3.05, 3.63) is 35.5 Å². The topological polar surface area (TPSA) is 96.6 Å². The largest absolute Gasteiger partial charge is 0.465 e. The minimum absolute atomic E-state index is 0.325. The standard InChI is InChI=1S/C17H21N3O4/c1-11-15(19-17(21)22)16(24-20-11)13-6-4-12(5-7-13)9-18-10-14-3-2-8-23-14/h4-7,14,18-19H,2-3,8-10H2,1H3,(H,21,22). The Morgan fingerprint density at radius 2 is 2.17 bits per heavy atom. The van der Waals surface area contributed by atoms with E-state index in [9.17, 15) is 4.79 Å². The van der Waals surface area contributed by atoms with E-state index >= 15 is 0 Å². The van der Waals surface area contributed by atoms with Crippen LogP contribution in [0.1, 0.15) is 24.1 Å². The highest BCUT2D eigenvalue weighted by atomic mass is 16.5. The molecule has 3 rings (SSSR count). The number of aryl methyl sites for hydroxylation is 1. The maximum atomic E-state index is 10.9. The molecular weight excluding hydrogens is 310 g/mol. The number of nitrogens with one attached hydrogen (secondary N) is 2. The number of amides is 1. The summed E-state index contributed by atoms with van der Waals surface area (Å²) in [6.45, 7) is 4.18. The molecule has 24 heavy (non-hydrogen) atoms. The van der Waals surface area contributed by atoms with Crippen molar-refractivity contribution in [1.29, 1.82) is 0 Å². The lowest BCUT2D eigenvalue weighted by atomic mass is 10.1. The number of aromatic nitrogens is 1. The van der Waals surface area contributed by atoms with Gasteiger partial charge in [-0.15, -0.1) is 0 Å². The molecule has 1 amide bonds. The molecule has 7 nitrogen and oxygen atoms in total. The number of benzene rings is 1. The fourth-order valence-electron chi connectivity index (χ4n) is 2.78. The van der Waals surface area contributed by atoms with Crippen LogP contribution in [-0.4, -0.2) is 35.6 Å². The molecule has 0 bridgehead atoms. The van der Waals surface area contributed by atoms with Crippen molar-refractivity contribution in [3.63, 3.8) is 0 Å². The normalized spacial score (nSPS) is 17.1. The Morgan fingerprint density at radius 1 is 1.38 bits per heavy atom. The van der Waals surface area contributed by atoms with Gasteiger partial charge in [-0.2, -0.15) is 0 Å². The summed E-state index contributed by atoms with van der Waals surface area (Å²) in [6, 6.07) is 7.77. The number of nitrogens with zero attached hydrogens (tertiary/aromatic N) is 1. The molecule has 1 atom stereocenters. The average molecular weight is 331 g/mol. The molecule has 1 saturated heterocycles. The van der Waals surface area contributed by atoms with Crippen LogP contribution in [0.4, 0.5) is 10.5 Å². The molecule has 1 unspecified atom stereocenters. The Hall–Kier alpha value is -2.38. The van der Waals surface area contributed by atoms with Crippen molar-refractivity contribution in [3.8, 4) is 11.3 Å². The number of hydrogen-bond acceptors (Lipinski definition) is 5. The number of ether oxygens (including phenoxy) is 1. The first-order valence-electron chi connectivity index (χ1n) is 8.01. The van der Waals surface area contributed by atoms with Crippen molar-refractivity contribution in [2.75, 3.05) is 18.5 Å². The predicted octanol–water partition coefficient (Wildman–Crippen LogP) is 3.01. The van der Waals surface area contributed by atoms with Crippen LogP contribution < -0.4 is 10.6 Å². The van der Waals surface area contributed by atoms with Crippen molar-refractivity contribution >= 4 is 11.8 Å². The zero-order valence-electron chi connectivity index (χ0n) is 13.5. The summed E-state index contributed by atoms with van der Waals surface area (Å²) in [4.78, 5) is 10.9. The number of rotatable bonds is 6. The van der Waals surface area contributed by atoms with Crippen LogP contribution in [0.15, 0.2) is 28.8 Å². The Labute approximate surface area is 140 Å². The Balaban J connectivity index is 1.63. The van der Waals surface area contributed by atoms with Crippen LogP contribution in [0.3, 0.4) is 0 Å². The van der Waals surface area contributed by atoms with Gasteiger partial charge in [-0.25, -0.2) is 4.79 Å². The second-order valence-electron chi connectivity index (χ2n) is 5.87. The van der Waals surface area contributed by atoms with E-state index in [1.165, 1.54) is 0 Å². The monoisotopic (exact) mass is 331 g/mol. The smallest absolute Gasteiger partial charge is 0.409 e. The maximum absolute atomic E-state index is 10.9. The van der Waals surface area contributed by atoms with Crippen LogP contribution in [0, 0.1) is 6.92 Å². The quantitative estimate of drug-likeness (QED) is 0.753. The van der Waals surface area contributed by atoms with E-state index < -0.39 is 6.09 Å². The van der Waals surface area contributed by atoms with Crippen molar-refractivity contribution < 1.29 is 19.2 Å². The number of anilines is 1. The molecule has 3 N–H and O–H groups in total. The van der Waals surface area contributed by atoms with Gasteiger partial charge in [0.1, 0.15) is 11.4 Å². The van der Waals surface area contributed by atoms with E-state index in [1.54, 1.807) is 6.92 Å². The minimum atomic E-state index is -1.14. The molecule has 2 aromatic rings. The molecule has 0 radical (unpaired) electrons. The van der Waals surface area contributed by atoms with Crippen molar-refractivity contribution in [2.45, 2.75) is 32.4 Å². The third-order valence-electron chi connectivity index (χ3n) is 4.04. The lowest BCUT2D eigenvalue weighted by Crippen LogP contribution is -2.25. The third kappa shape index (κ3) is 3.93. The van der Waals surface area contributed by atoms with E-state index in [0.717, 1.165) is 43.7 Å². The molecule has 1 aromatic heterocycles. The maximum Gasteiger partial charge on any atom is 0.409 e. The van der Waals surface area contributed by atoms with E-state index in [-0.39, 0.29) is 0 Å². The zero-order valence-corrected chi connectivity index (χ0v) is 13.5. The van der Waals surface area contributed by atoms with Crippen LogP contribution >= 0.6 is 0 Å². The number of hydrogen-bond donors (Lipinski definition) is 3. The average Bonchev–Trinajstić information content (AvgIpc) is 3.19. The van der Waals surface area contributed by atoms with Crippen LogP contribution in [0.25, 0.3) is 11.3 Å². The highest BCUT2D eigenvalue weighted by Crippen LogP contribution is 2.31. The molecular formula is C17H21N3O4. The molecule has 2 heterocycles. The molecule has 1 aromatic carbocycles. The molecule has 7 heteroatoms. The van der Waals surface area contributed by atoms with E-state index in [1.807, 2.05) is 24.3 Å². The number of carbonyl (C=O) groups is 1. The van der Waals surface area contributed by atoms with Gasteiger partial charge in [0.15, 0.2) is 5.76 Å². The first-order valence-corrected chi connectivity index (χ1v) is 8.01. The van der Waals surface area contributed by atoms with E-state index in [0.29, 0.717) is 23.2 Å². The van der Waals surface area contributed by atoms with Gasteiger partial charge in [0.05, 0.1) is 6.10 Å². The molecule has 1 fully saturated rings. The summed E-state index contributed by atoms with van der Waals surface area (Å²) in [6.07, 6.45) is 1.45. The highest BCUT2D eigenvalue weighted by Gasteiger charge is 2.17. The van der Waals surface area contributed by atoms with Crippen LogP contribution in [0.2, 0.25) is 0 Å². The zero-order chi connectivity index (χ0) is 16.9. The second-order valence-corrected chi connectivity index (χ2v) is 5.87. The Morgan fingerprint density at radius 3 is 2.83 bits per heavy atom. The summed E-state index contributed by atoms with van der Waals surface area (Å²) >= 11 is 0. The second kappa shape index (κ2) is 7.46. The third-order valence-corrected chi connectivity index (χ3v) is 4.04. The van der Waals surface area contributed by atoms with Crippen molar-refractivity contribution in [1.82, 2.24) is 10.5 Å². The summed E-state index contributed by atoms with van der Waals surface area (Å²) < 4.78 is 10.8. The van der Waals surface area contributed by atoms with Gasteiger partial charge in [0.2, 0.25) is 0 Å². The summed E-state index contributed by atoms with van der Waals surface area (Å²) in [5.74, 6) is 0.425. The van der Waals surface area contributed by atoms with Gasteiger partial charge >= 0.3 is 6.09 Å². The first-order chi connectivity index (χ1) is 11.6. The lowest BCUT2D eigenvalue weighted by molar-refractivity contribution is 0.110. The highest BCUT2D eigenvalue weighted by molar-refractivity contribution is 5.89. The van der Waals surface area contributed by atoms with Gasteiger partial charge in [-0.1, -0.05) is 29.4 Å². The van der Waals surface area contributed by atoms with E-state index in [2.05, 4.69) is 15.8 Å². The predicted molar refractivity (Wildman–Crippen MR) is 89.0 cm³/mol. The number of carboxylic acid groups (broad SMARTS) is 1. The SMILES string of the molecule is Cc1noc(-c2ccc(CNCC3CCCO3)cc2)c1NC(=O)O. The van der Waals surface area contributed by atoms with Gasteiger partial charge in [0, 0.05) is 25.3 Å². The molecule has 0 spiro atoms. The fraction of sp³-hybridized carbons (Fsp3) is 0.412. The Kier molecular flexibility index (Phi) is 5.12. The van der Waals surface area contributed by atoms with Gasteiger partial charge < -0.3 is 19.7 Å². The lowest BCUT2D eigenvalue weighted by Gasteiger charge is -2.11. The molecule has 0 saturated carbocycles. The van der Waals surface area contributed by atoms with Gasteiger partial charge in [-0.05, 0) is 25.3 Å². The molecule has 0 aliphatic carbocycles.